The summed E-state index contributed by atoms with van der Waals surface area (Å²) in [5.74, 6) is -0.414. The van der Waals surface area contributed by atoms with Crippen molar-refractivity contribution in [2.24, 2.45) is 0 Å². The molecule has 1 aromatic heterocycles. The first kappa shape index (κ1) is 24.1. The van der Waals surface area contributed by atoms with Crippen LogP contribution in [0.1, 0.15) is 71.4 Å². The highest BCUT2D eigenvalue weighted by Gasteiger charge is 2.24. The van der Waals surface area contributed by atoms with Gasteiger partial charge in [-0.25, -0.2) is 9.59 Å². The standard InChI is InChI=1S/C15H23IN2O4S.C2H6/c1-14(2,3)21-12(19)10-7-8-18(23-16)11(10)9-17-13(20)22-15(4,5)6;1-2/h7-8H,9H2,1-6H3,(H,17,20);1-2H3. The number of carbonyl (C=O) groups is 2. The lowest BCUT2D eigenvalue weighted by Crippen LogP contribution is -2.33. The summed E-state index contributed by atoms with van der Waals surface area (Å²) in [5.41, 5.74) is -0.0606. The molecule has 1 heterocycles. The molecule has 1 N–H and O–H groups in total. The van der Waals surface area contributed by atoms with Gasteiger partial charge in [0.05, 0.1) is 17.8 Å². The van der Waals surface area contributed by atoms with Crippen LogP contribution < -0.4 is 5.32 Å². The number of carbonyl (C=O) groups excluding carboxylic acids is 2. The zero-order chi connectivity index (χ0) is 19.8. The van der Waals surface area contributed by atoms with Crippen LogP contribution in [0, 0.1) is 0 Å². The lowest BCUT2D eigenvalue weighted by Gasteiger charge is -2.21. The van der Waals surface area contributed by atoms with Crippen molar-refractivity contribution in [2.45, 2.75) is 73.1 Å². The molecule has 1 amide bonds. The molecule has 1 aromatic rings. The molecule has 0 unspecified atom stereocenters. The quantitative estimate of drug-likeness (QED) is 0.462. The molecule has 0 fully saturated rings. The van der Waals surface area contributed by atoms with E-state index in [1.54, 1.807) is 37.0 Å². The number of amides is 1. The Balaban J connectivity index is 0.00000277. The molecule has 0 aliphatic carbocycles. The number of nitrogens with zero attached hydrogens (tertiary/aromatic N) is 1. The van der Waals surface area contributed by atoms with Gasteiger partial charge in [0.25, 0.3) is 0 Å². The SMILES string of the molecule is CC.CC(C)(C)OC(=O)NCc1c(C(=O)OC(C)(C)C)ccn1SI. The second-order valence-electron chi connectivity index (χ2n) is 6.93. The minimum Gasteiger partial charge on any atom is -0.456 e. The van der Waals surface area contributed by atoms with Crippen LogP contribution >= 0.6 is 30.3 Å². The van der Waals surface area contributed by atoms with E-state index in [0.29, 0.717) is 11.3 Å². The zero-order valence-electron chi connectivity index (χ0n) is 16.2. The van der Waals surface area contributed by atoms with Crippen LogP contribution in [0.25, 0.3) is 0 Å². The van der Waals surface area contributed by atoms with Crippen LogP contribution in [0.15, 0.2) is 12.3 Å². The number of esters is 1. The molecule has 0 aromatic carbocycles. The predicted octanol–water partition coefficient (Wildman–Crippen LogP) is 5.34. The fourth-order valence-electron chi connectivity index (χ4n) is 1.67. The molecule has 0 aliphatic heterocycles. The minimum atomic E-state index is -0.577. The van der Waals surface area contributed by atoms with Crippen LogP contribution in [-0.2, 0) is 16.0 Å². The van der Waals surface area contributed by atoms with Crippen molar-refractivity contribution in [1.29, 1.82) is 0 Å². The van der Waals surface area contributed by atoms with Crippen molar-refractivity contribution in [2.75, 3.05) is 0 Å². The van der Waals surface area contributed by atoms with Crippen LogP contribution in [0.2, 0.25) is 0 Å². The molecular weight excluding hydrogens is 455 g/mol. The van der Waals surface area contributed by atoms with Crippen LogP contribution in [-0.4, -0.2) is 27.2 Å². The van der Waals surface area contributed by atoms with Crippen molar-refractivity contribution >= 4 is 42.4 Å². The normalized spacial score (nSPS) is 11.2. The van der Waals surface area contributed by atoms with E-state index in [1.165, 1.54) is 9.12 Å². The Bertz CT molecular complexity index is 574. The summed E-state index contributed by atoms with van der Waals surface area (Å²) in [5, 5.41) is 2.67. The molecule has 144 valence electrons. The maximum atomic E-state index is 12.3. The lowest BCUT2D eigenvalue weighted by atomic mass is 10.2. The van der Waals surface area contributed by atoms with Crippen molar-refractivity contribution in [1.82, 2.24) is 9.29 Å². The van der Waals surface area contributed by atoms with Crippen LogP contribution in [0.3, 0.4) is 0 Å². The summed E-state index contributed by atoms with van der Waals surface area (Å²) >= 11 is 2.11. The van der Waals surface area contributed by atoms with Crippen molar-refractivity contribution in [3.8, 4) is 0 Å². The summed E-state index contributed by atoms with van der Waals surface area (Å²) in [4.78, 5) is 24.1. The highest BCUT2D eigenvalue weighted by molar-refractivity contribution is 14.2. The van der Waals surface area contributed by atoms with Crippen molar-refractivity contribution in [3.05, 3.63) is 23.5 Å². The van der Waals surface area contributed by atoms with Gasteiger partial charge in [-0.1, -0.05) is 13.8 Å². The van der Waals surface area contributed by atoms with E-state index in [-0.39, 0.29) is 6.54 Å². The number of hydrogen-bond donors (Lipinski definition) is 1. The van der Waals surface area contributed by atoms with E-state index in [0.717, 1.165) is 0 Å². The van der Waals surface area contributed by atoms with Gasteiger partial charge in [0.15, 0.2) is 0 Å². The Kier molecular flexibility index (Phi) is 9.93. The average molecular weight is 484 g/mol. The number of ether oxygens (including phenoxy) is 2. The Morgan fingerprint density at radius 3 is 2.08 bits per heavy atom. The first-order valence-corrected chi connectivity index (χ1v) is 11.4. The third kappa shape index (κ3) is 9.39. The van der Waals surface area contributed by atoms with Crippen LogP contribution in [0.5, 0.6) is 0 Å². The van der Waals surface area contributed by atoms with Gasteiger partial charge in [-0.15, -0.1) is 0 Å². The predicted molar refractivity (Wildman–Crippen MR) is 111 cm³/mol. The molecule has 0 saturated heterocycles. The first-order chi connectivity index (χ1) is 11.4. The van der Waals surface area contributed by atoms with E-state index < -0.39 is 23.3 Å². The topological polar surface area (TPSA) is 69.6 Å². The van der Waals surface area contributed by atoms with Gasteiger partial charge in [0.2, 0.25) is 0 Å². The van der Waals surface area contributed by atoms with Gasteiger partial charge in [-0.3, -0.25) is 3.97 Å². The minimum absolute atomic E-state index is 0.173. The van der Waals surface area contributed by atoms with Gasteiger partial charge in [-0.05, 0) is 47.6 Å². The van der Waals surface area contributed by atoms with Gasteiger partial charge in [0, 0.05) is 36.5 Å². The largest absolute Gasteiger partial charge is 0.456 e. The Labute approximate surface area is 167 Å². The molecule has 0 aliphatic rings. The number of aromatic nitrogens is 1. The summed E-state index contributed by atoms with van der Waals surface area (Å²) in [7, 11) is 1.40. The first-order valence-electron chi connectivity index (χ1n) is 8.12. The number of hydrogen-bond acceptors (Lipinski definition) is 5. The maximum absolute atomic E-state index is 12.3. The van der Waals surface area contributed by atoms with Crippen LogP contribution in [0.4, 0.5) is 4.79 Å². The summed E-state index contributed by atoms with van der Waals surface area (Å²) in [6, 6.07) is 1.69. The molecule has 0 bridgehead atoms. The Hall–Kier alpha value is -0.900. The van der Waals surface area contributed by atoms with Gasteiger partial charge < -0.3 is 14.8 Å². The van der Waals surface area contributed by atoms with E-state index in [9.17, 15) is 9.59 Å². The summed E-state index contributed by atoms with van der Waals surface area (Å²) < 4.78 is 12.4. The number of nitrogens with one attached hydrogen (secondary N) is 1. The molecule has 25 heavy (non-hydrogen) atoms. The zero-order valence-corrected chi connectivity index (χ0v) is 19.2. The molecule has 0 saturated carbocycles. The molecule has 6 nitrogen and oxygen atoms in total. The number of halogens is 1. The lowest BCUT2D eigenvalue weighted by molar-refractivity contribution is 0.00673. The summed E-state index contributed by atoms with van der Waals surface area (Å²) in [6.45, 7) is 15.0. The van der Waals surface area contributed by atoms with Gasteiger partial charge in [0.1, 0.15) is 11.2 Å². The molecule has 8 heteroatoms. The number of alkyl carbamates (subject to hydrolysis) is 1. The number of rotatable bonds is 4. The molecule has 0 spiro atoms. The fraction of sp³-hybridized carbons (Fsp3) is 0.647. The smallest absolute Gasteiger partial charge is 0.407 e. The second kappa shape index (κ2) is 10.3. The fourth-order valence-corrected chi connectivity index (χ4v) is 3.13. The molecule has 0 atom stereocenters. The molecular formula is C17H29IN2O4S. The molecule has 0 radical (unpaired) electrons. The molecule has 1 rings (SSSR count). The van der Waals surface area contributed by atoms with Gasteiger partial charge >= 0.3 is 12.1 Å². The third-order valence-electron chi connectivity index (χ3n) is 2.45. The average Bonchev–Trinajstić information content (AvgIpc) is 2.86. The highest BCUT2D eigenvalue weighted by Crippen LogP contribution is 2.24. The Morgan fingerprint density at radius 1 is 1.12 bits per heavy atom. The monoisotopic (exact) mass is 484 g/mol. The third-order valence-corrected chi connectivity index (χ3v) is 4.21. The van der Waals surface area contributed by atoms with E-state index in [1.807, 2.05) is 34.6 Å². The van der Waals surface area contributed by atoms with E-state index >= 15 is 0 Å². The second-order valence-corrected chi connectivity index (χ2v) is 8.64. The Morgan fingerprint density at radius 2 is 1.64 bits per heavy atom. The van der Waals surface area contributed by atoms with Crippen molar-refractivity contribution in [3.63, 3.8) is 0 Å². The maximum Gasteiger partial charge on any atom is 0.407 e. The van der Waals surface area contributed by atoms with Gasteiger partial charge in [-0.2, -0.15) is 0 Å². The van der Waals surface area contributed by atoms with Crippen molar-refractivity contribution < 1.29 is 19.1 Å². The van der Waals surface area contributed by atoms with E-state index in [2.05, 4.69) is 26.5 Å². The summed E-state index contributed by atoms with van der Waals surface area (Å²) in [6.07, 6.45) is 1.24. The van der Waals surface area contributed by atoms with E-state index in [4.69, 9.17) is 9.47 Å². The highest BCUT2D eigenvalue weighted by atomic mass is 127.